The fraction of sp³-hybridized carbons (Fsp3) is 0.438. The standard InChI is InChI=1S/C32H37F2NO5/c1-4-20-15-21(5-12-29(20)34)27-18-26(39-14-13-30(37)35-23-8-6-22(33)7-9-23)19-32(2,3)28(27)11-10-25-16-24(36)17-31(38)40-25/h5-12,15,24-26,36H,4,13-14,16-19H2,1-3H3,(H,35,37)/t24-,25-,26?/m0/s1. The fourth-order valence-electron chi connectivity index (χ4n) is 5.45. The van der Waals surface area contributed by atoms with E-state index in [1.165, 1.54) is 30.3 Å². The number of anilines is 1. The number of esters is 1. The maximum Gasteiger partial charge on any atom is 0.309 e. The first kappa shape index (κ1) is 29.6. The second-order valence-corrected chi connectivity index (χ2v) is 11.1. The van der Waals surface area contributed by atoms with Crippen molar-refractivity contribution in [2.45, 2.75) is 77.6 Å². The minimum atomic E-state index is -0.731. The van der Waals surface area contributed by atoms with Crippen molar-refractivity contribution in [2.75, 3.05) is 11.9 Å². The molecule has 1 aliphatic carbocycles. The molecule has 8 heteroatoms. The van der Waals surface area contributed by atoms with E-state index in [0.717, 1.165) is 16.7 Å². The van der Waals surface area contributed by atoms with Gasteiger partial charge in [0.15, 0.2) is 0 Å². The first-order valence-corrected chi connectivity index (χ1v) is 13.8. The molecule has 4 rings (SSSR count). The molecular weight excluding hydrogens is 516 g/mol. The predicted molar refractivity (Wildman–Crippen MR) is 149 cm³/mol. The van der Waals surface area contributed by atoms with E-state index in [1.807, 2.05) is 25.1 Å². The van der Waals surface area contributed by atoms with E-state index in [1.54, 1.807) is 6.07 Å². The number of aliphatic hydroxyl groups excluding tert-OH is 1. The van der Waals surface area contributed by atoms with E-state index in [9.17, 15) is 23.5 Å². The molecule has 0 spiro atoms. The molecular formula is C32H37F2NO5. The SMILES string of the molecule is CCc1cc(C2=C(C=C[C@H]3C[C@H](O)CC(=O)O3)C(C)(C)CC(OCCC(=O)Nc3ccc(F)cc3)C2)ccc1F. The van der Waals surface area contributed by atoms with Gasteiger partial charge in [-0.2, -0.15) is 0 Å². The van der Waals surface area contributed by atoms with Crippen LogP contribution in [0, 0.1) is 17.0 Å². The third kappa shape index (κ3) is 7.64. The lowest BCUT2D eigenvalue weighted by molar-refractivity contribution is -0.156. The molecule has 1 unspecified atom stereocenters. The Morgan fingerprint density at radius 1 is 1.18 bits per heavy atom. The van der Waals surface area contributed by atoms with Crippen LogP contribution in [-0.2, 0) is 25.5 Å². The van der Waals surface area contributed by atoms with E-state index < -0.39 is 18.2 Å². The summed E-state index contributed by atoms with van der Waals surface area (Å²) in [4.78, 5) is 24.2. The van der Waals surface area contributed by atoms with Crippen molar-refractivity contribution >= 4 is 23.1 Å². The minimum Gasteiger partial charge on any atom is -0.458 e. The highest BCUT2D eigenvalue weighted by atomic mass is 19.1. The van der Waals surface area contributed by atoms with Crippen molar-refractivity contribution in [3.05, 3.63) is 83.0 Å². The zero-order valence-corrected chi connectivity index (χ0v) is 23.2. The van der Waals surface area contributed by atoms with Crippen LogP contribution in [0.5, 0.6) is 0 Å². The zero-order valence-electron chi connectivity index (χ0n) is 23.2. The number of carbonyl (C=O) groups excluding carboxylic acids is 2. The lowest BCUT2D eigenvalue weighted by Gasteiger charge is -2.39. The lowest BCUT2D eigenvalue weighted by Crippen LogP contribution is -2.32. The van der Waals surface area contributed by atoms with Crippen LogP contribution in [0.2, 0.25) is 0 Å². The molecule has 6 nitrogen and oxygen atoms in total. The first-order chi connectivity index (χ1) is 19.0. The summed E-state index contributed by atoms with van der Waals surface area (Å²) >= 11 is 0. The molecule has 1 saturated heterocycles. The molecule has 0 bridgehead atoms. The molecule has 0 saturated carbocycles. The third-order valence-corrected chi connectivity index (χ3v) is 7.48. The summed E-state index contributed by atoms with van der Waals surface area (Å²) in [6.45, 7) is 6.34. The second kappa shape index (κ2) is 12.9. The topological polar surface area (TPSA) is 84.9 Å². The van der Waals surface area contributed by atoms with Gasteiger partial charge in [-0.05, 0) is 89.4 Å². The number of aryl methyl sites for hydroxylation is 1. The summed E-state index contributed by atoms with van der Waals surface area (Å²) in [6.07, 6.45) is 4.65. The monoisotopic (exact) mass is 553 g/mol. The van der Waals surface area contributed by atoms with Crippen molar-refractivity contribution in [2.24, 2.45) is 5.41 Å². The van der Waals surface area contributed by atoms with Crippen LogP contribution in [-0.4, -0.2) is 41.9 Å². The summed E-state index contributed by atoms with van der Waals surface area (Å²) in [5.41, 5.74) is 3.73. The molecule has 2 N–H and O–H groups in total. The van der Waals surface area contributed by atoms with Crippen molar-refractivity contribution in [1.29, 1.82) is 0 Å². The zero-order chi connectivity index (χ0) is 28.9. The summed E-state index contributed by atoms with van der Waals surface area (Å²) in [5, 5.41) is 12.8. The van der Waals surface area contributed by atoms with Gasteiger partial charge < -0.3 is 19.9 Å². The molecule has 214 valence electrons. The molecule has 1 aliphatic heterocycles. The van der Waals surface area contributed by atoms with E-state index >= 15 is 0 Å². The molecule has 2 aromatic rings. The van der Waals surface area contributed by atoms with Crippen molar-refractivity contribution < 1.29 is 33.0 Å². The van der Waals surface area contributed by atoms with Crippen LogP contribution in [0.4, 0.5) is 14.5 Å². The molecule has 1 amide bonds. The molecule has 0 radical (unpaired) electrons. The number of ether oxygens (including phenoxy) is 2. The van der Waals surface area contributed by atoms with Crippen LogP contribution in [0.25, 0.3) is 5.57 Å². The Hall–Kier alpha value is -3.36. The number of halogens is 2. The van der Waals surface area contributed by atoms with E-state index in [-0.39, 0.29) is 48.5 Å². The van der Waals surface area contributed by atoms with Gasteiger partial charge in [-0.3, -0.25) is 9.59 Å². The average Bonchev–Trinajstić information content (AvgIpc) is 2.88. The Morgan fingerprint density at radius 2 is 1.93 bits per heavy atom. The number of benzene rings is 2. The Bertz CT molecular complexity index is 1280. The average molecular weight is 554 g/mol. The van der Waals surface area contributed by atoms with Crippen molar-refractivity contribution in [3.8, 4) is 0 Å². The van der Waals surface area contributed by atoms with Gasteiger partial charge >= 0.3 is 5.97 Å². The van der Waals surface area contributed by atoms with Gasteiger partial charge in [-0.25, -0.2) is 8.78 Å². The number of amides is 1. The Kier molecular flexibility index (Phi) is 9.53. The number of hydrogen-bond donors (Lipinski definition) is 2. The van der Waals surface area contributed by atoms with Crippen LogP contribution >= 0.6 is 0 Å². The number of cyclic esters (lactones) is 1. The van der Waals surface area contributed by atoms with E-state index in [0.29, 0.717) is 36.9 Å². The normalized spacial score (nSPS) is 22.9. The van der Waals surface area contributed by atoms with Crippen LogP contribution in [0.15, 0.2) is 60.2 Å². The Labute approximate surface area is 234 Å². The maximum absolute atomic E-state index is 14.4. The van der Waals surface area contributed by atoms with E-state index in [4.69, 9.17) is 9.47 Å². The molecule has 3 atom stereocenters. The lowest BCUT2D eigenvalue weighted by atomic mass is 9.69. The number of rotatable bonds is 9. The van der Waals surface area contributed by atoms with Crippen LogP contribution in [0.3, 0.4) is 0 Å². The van der Waals surface area contributed by atoms with Gasteiger partial charge in [0, 0.05) is 12.1 Å². The van der Waals surface area contributed by atoms with Crippen molar-refractivity contribution in [3.63, 3.8) is 0 Å². The smallest absolute Gasteiger partial charge is 0.309 e. The van der Waals surface area contributed by atoms with Gasteiger partial charge in [0.2, 0.25) is 5.91 Å². The van der Waals surface area contributed by atoms with Crippen LogP contribution in [0.1, 0.15) is 64.0 Å². The molecule has 1 fully saturated rings. The number of carbonyl (C=O) groups is 2. The molecule has 0 aromatic heterocycles. The van der Waals surface area contributed by atoms with Gasteiger partial charge in [-0.1, -0.05) is 32.9 Å². The summed E-state index contributed by atoms with van der Waals surface area (Å²) in [5.74, 6) is -1.27. The summed E-state index contributed by atoms with van der Waals surface area (Å²) in [7, 11) is 0. The van der Waals surface area contributed by atoms with Gasteiger partial charge in [0.05, 0.1) is 31.7 Å². The summed E-state index contributed by atoms with van der Waals surface area (Å²) in [6, 6.07) is 10.7. The number of allylic oxidation sites excluding steroid dienone is 2. The molecule has 40 heavy (non-hydrogen) atoms. The highest BCUT2D eigenvalue weighted by Crippen LogP contribution is 2.46. The Morgan fingerprint density at radius 3 is 2.62 bits per heavy atom. The maximum atomic E-state index is 14.4. The number of aliphatic hydroxyl groups is 1. The van der Waals surface area contributed by atoms with Gasteiger partial charge in [0.25, 0.3) is 0 Å². The number of hydrogen-bond acceptors (Lipinski definition) is 5. The van der Waals surface area contributed by atoms with Crippen molar-refractivity contribution in [1.82, 2.24) is 0 Å². The highest BCUT2D eigenvalue weighted by Gasteiger charge is 2.35. The first-order valence-electron chi connectivity index (χ1n) is 13.8. The number of nitrogens with one attached hydrogen (secondary N) is 1. The highest BCUT2D eigenvalue weighted by molar-refractivity contribution is 5.90. The summed E-state index contributed by atoms with van der Waals surface area (Å²) < 4.78 is 39.1. The predicted octanol–water partition coefficient (Wildman–Crippen LogP) is 6.14. The Balaban J connectivity index is 1.52. The largest absolute Gasteiger partial charge is 0.458 e. The van der Waals surface area contributed by atoms with Gasteiger partial charge in [-0.15, -0.1) is 0 Å². The molecule has 2 aromatic carbocycles. The quantitative estimate of drug-likeness (QED) is 0.365. The minimum absolute atomic E-state index is 0.0000939. The van der Waals surface area contributed by atoms with Gasteiger partial charge in [0.1, 0.15) is 17.7 Å². The fourth-order valence-corrected chi connectivity index (χ4v) is 5.45. The second-order valence-electron chi connectivity index (χ2n) is 11.1. The van der Waals surface area contributed by atoms with Crippen LogP contribution < -0.4 is 5.32 Å². The van der Waals surface area contributed by atoms with E-state index in [2.05, 4.69) is 19.2 Å². The third-order valence-electron chi connectivity index (χ3n) is 7.48. The molecule has 1 heterocycles. The molecule has 2 aliphatic rings.